The number of nitriles is 1. The molecule has 1 aromatic heterocycles. The highest BCUT2D eigenvalue weighted by Gasteiger charge is 2.24. The molecule has 0 radical (unpaired) electrons. The number of nitrogens with zero attached hydrogens (tertiary/aromatic N) is 3. The van der Waals surface area contributed by atoms with Crippen molar-refractivity contribution < 1.29 is 9.53 Å². The molecule has 2 heterocycles. The van der Waals surface area contributed by atoms with E-state index in [2.05, 4.69) is 21.3 Å². The largest absolute Gasteiger partial charge is 0.444 e. The van der Waals surface area contributed by atoms with Gasteiger partial charge >= 0.3 is 6.09 Å². The molecule has 124 valence electrons. The number of amides is 1. The fourth-order valence-electron chi connectivity index (χ4n) is 2.70. The van der Waals surface area contributed by atoms with Gasteiger partial charge in [0, 0.05) is 25.8 Å². The van der Waals surface area contributed by atoms with Crippen molar-refractivity contribution in [1.82, 2.24) is 10.3 Å². The van der Waals surface area contributed by atoms with Gasteiger partial charge in [0.2, 0.25) is 0 Å². The molecule has 6 heteroatoms. The molecule has 1 unspecified atom stereocenters. The molecule has 0 bridgehead atoms. The number of anilines is 1. The van der Waals surface area contributed by atoms with Gasteiger partial charge in [-0.05, 0) is 51.7 Å². The summed E-state index contributed by atoms with van der Waals surface area (Å²) in [6, 6.07) is 5.74. The van der Waals surface area contributed by atoms with Crippen molar-refractivity contribution in [2.45, 2.75) is 39.2 Å². The van der Waals surface area contributed by atoms with Crippen LogP contribution in [0, 0.1) is 17.2 Å². The number of pyridine rings is 1. The van der Waals surface area contributed by atoms with Gasteiger partial charge in [-0.25, -0.2) is 9.78 Å². The highest BCUT2D eigenvalue weighted by molar-refractivity contribution is 5.67. The lowest BCUT2D eigenvalue weighted by atomic mass is 9.97. The van der Waals surface area contributed by atoms with E-state index in [0.29, 0.717) is 18.0 Å². The lowest BCUT2D eigenvalue weighted by molar-refractivity contribution is 0.0517. The van der Waals surface area contributed by atoms with Gasteiger partial charge in [0.15, 0.2) is 0 Å². The van der Waals surface area contributed by atoms with Crippen molar-refractivity contribution in [2.24, 2.45) is 5.92 Å². The van der Waals surface area contributed by atoms with Crippen molar-refractivity contribution in [2.75, 3.05) is 24.5 Å². The molecule has 2 rings (SSSR count). The molecule has 1 N–H and O–H groups in total. The predicted octanol–water partition coefficient (Wildman–Crippen LogP) is 2.69. The SMILES string of the molecule is CC(C)(C)OC(=O)NCC1CCCN(c2ncccc2C#N)C1. The number of carbonyl (C=O) groups is 1. The molecular formula is C17H24N4O2. The van der Waals surface area contributed by atoms with E-state index in [4.69, 9.17) is 4.74 Å². The van der Waals surface area contributed by atoms with Crippen LogP contribution in [0.1, 0.15) is 39.2 Å². The topological polar surface area (TPSA) is 78.2 Å². The number of hydrogen-bond acceptors (Lipinski definition) is 5. The molecule has 1 atom stereocenters. The average Bonchev–Trinajstić information content (AvgIpc) is 2.51. The Morgan fingerprint density at radius 1 is 1.57 bits per heavy atom. The molecule has 0 spiro atoms. The Labute approximate surface area is 137 Å². The second-order valence-corrected chi connectivity index (χ2v) is 6.82. The highest BCUT2D eigenvalue weighted by atomic mass is 16.6. The smallest absolute Gasteiger partial charge is 0.407 e. The van der Waals surface area contributed by atoms with Crippen LogP contribution in [0.2, 0.25) is 0 Å². The van der Waals surface area contributed by atoms with E-state index in [0.717, 1.165) is 31.7 Å². The van der Waals surface area contributed by atoms with Crippen molar-refractivity contribution in [3.05, 3.63) is 23.9 Å². The molecule has 0 aliphatic carbocycles. The first-order valence-corrected chi connectivity index (χ1v) is 7.96. The van der Waals surface area contributed by atoms with Crippen LogP contribution in [-0.2, 0) is 4.74 Å². The number of piperidine rings is 1. The first-order chi connectivity index (χ1) is 10.9. The molecule has 1 saturated heterocycles. The zero-order valence-electron chi connectivity index (χ0n) is 14.0. The molecule has 23 heavy (non-hydrogen) atoms. The van der Waals surface area contributed by atoms with Gasteiger partial charge in [-0.15, -0.1) is 0 Å². The minimum absolute atomic E-state index is 0.324. The van der Waals surface area contributed by atoms with Crippen molar-refractivity contribution in [1.29, 1.82) is 5.26 Å². The van der Waals surface area contributed by atoms with Crippen LogP contribution in [0.15, 0.2) is 18.3 Å². The summed E-state index contributed by atoms with van der Waals surface area (Å²) in [6.45, 7) is 7.77. The quantitative estimate of drug-likeness (QED) is 0.927. The molecule has 0 saturated carbocycles. The predicted molar refractivity (Wildman–Crippen MR) is 88.1 cm³/mol. The standard InChI is InChI=1S/C17H24N4O2/c1-17(2,3)23-16(22)20-11-13-6-5-9-21(12-13)15-14(10-18)7-4-8-19-15/h4,7-8,13H,5-6,9,11-12H2,1-3H3,(H,20,22). The number of hydrogen-bond donors (Lipinski definition) is 1. The van der Waals surface area contributed by atoms with Gasteiger partial charge < -0.3 is 15.0 Å². The van der Waals surface area contributed by atoms with Crippen LogP contribution < -0.4 is 10.2 Å². The number of carbonyl (C=O) groups excluding carboxylic acids is 1. The average molecular weight is 316 g/mol. The number of aromatic nitrogens is 1. The zero-order chi connectivity index (χ0) is 16.9. The normalized spacial score (nSPS) is 18.2. The fourth-order valence-corrected chi connectivity index (χ4v) is 2.70. The molecule has 0 aromatic carbocycles. The van der Waals surface area contributed by atoms with Crippen LogP contribution in [0.5, 0.6) is 0 Å². The number of nitrogens with one attached hydrogen (secondary N) is 1. The molecule has 6 nitrogen and oxygen atoms in total. The van der Waals surface area contributed by atoms with Crippen LogP contribution in [0.25, 0.3) is 0 Å². The molecule has 1 aromatic rings. The molecule has 1 aliphatic heterocycles. The summed E-state index contributed by atoms with van der Waals surface area (Å²) in [5.41, 5.74) is 0.103. The first-order valence-electron chi connectivity index (χ1n) is 7.96. The maximum Gasteiger partial charge on any atom is 0.407 e. The Hall–Kier alpha value is -2.29. The fraction of sp³-hybridized carbons (Fsp3) is 0.588. The third-order valence-corrected chi connectivity index (χ3v) is 3.66. The first kappa shape index (κ1) is 17.1. The second-order valence-electron chi connectivity index (χ2n) is 6.82. The molecule has 1 aliphatic rings. The minimum Gasteiger partial charge on any atom is -0.444 e. The Balaban J connectivity index is 1.91. The van der Waals surface area contributed by atoms with Gasteiger partial charge in [-0.1, -0.05) is 0 Å². The third-order valence-electron chi connectivity index (χ3n) is 3.66. The maximum absolute atomic E-state index is 11.8. The monoisotopic (exact) mass is 316 g/mol. The van der Waals surface area contributed by atoms with Crippen LogP contribution in [-0.4, -0.2) is 36.3 Å². The Kier molecular flexibility index (Phi) is 5.43. The molecule has 1 amide bonds. The van der Waals surface area contributed by atoms with Crippen LogP contribution in [0.3, 0.4) is 0 Å². The van der Waals surface area contributed by atoms with Crippen LogP contribution >= 0.6 is 0 Å². The van der Waals surface area contributed by atoms with Crippen molar-refractivity contribution in [3.8, 4) is 6.07 Å². The Morgan fingerprint density at radius 3 is 3.04 bits per heavy atom. The molecular weight excluding hydrogens is 292 g/mol. The van der Waals surface area contributed by atoms with Crippen LogP contribution in [0.4, 0.5) is 10.6 Å². The lowest BCUT2D eigenvalue weighted by Gasteiger charge is -2.34. The summed E-state index contributed by atoms with van der Waals surface area (Å²) in [7, 11) is 0. The Morgan fingerprint density at radius 2 is 2.35 bits per heavy atom. The van der Waals surface area contributed by atoms with Crippen molar-refractivity contribution in [3.63, 3.8) is 0 Å². The van der Waals surface area contributed by atoms with Gasteiger partial charge in [0.05, 0.1) is 5.56 Å². The third kappa shape index (κ3) is 5.13. The summed E-state index contributed by atoms with van der Waals surface area (Å²) < 4.78 is 5.26. The van der Waals surface area contributed by atoms with E-state index in [-0.39, 0.29) is 6.09 Å². The van der Waals surface area contributed by atoms with Gasteiger partial charge in [0.1, 0.15) is 17.5 Å². The minimum atomic E-state index is -0.488. The van der Waals surface area contributed by atoms with Crippen molar-refractivity contribution >= 4 is 11.9 Å². The summed E-state index contributed by atoms with van der Waals surface area (Å²) in [4.78, 5) is 18.2. The van der Waals surface area contributed by atoms with E-state index in [9.17, 15) is 10.1 Å². The maximum atomic E-state index is 11.8. The van der Waals surface area contributed by atoms with Gasteiger partial charge in [0.25, 0.3) is 0 Å². The number of alkyl carbamates (subject to hydrolysis) is 1. The lowest BCUT2D eigenvalue weighted by Crippen LogP contribution is -2.42. The van der Waals surface area contributed by atoms with E-state index in [1.54, 1.807) is 18.3 Å². The van der Waals surface area contributed by atoms with E-state index in [1.165, 1.54) is 0 Å². The summed E-state index contributed by atoms with van der Waals surface area (Å²) in [6.07, 6.45) is 3.38. The zero-order valence-corrected chi connectivity index (χ0v) is 14.0. The molecule has 1 fully saturated rings. The van der Waals surface area contributed by atoms with Gasteiger partial charge in [-0.3, -0.25) is 0 Å². The number of ether oxygens (including phenoxy) is 1. The summed E-state index contributed by atoms with van der Waals surface area (Å²) >= 11 is 0. The van der Waals surface area contributed by atoms with E-state index < -0.39 is 5.60 Å². The highest BCUT2D eigenvalue weighted by Crippen LogP contribution is 2.23. The van der Waals surface area contributed by atoms with E-state index in [1.807, 2.05) is 20.8 Å². The second kappa shape index (κ2) is 7.32. The van der Waals surface area contributed by atoms with Gasteiger partial charge in [-0.2, -0.15) is 5.26 Å². The summed E-state index contributed by atoms with van der Waals surface area (Å²) in [5.74, 6) is 1.06. The summed E-state index contributed by atoms with van der Waals surface area (Å²) in [5, 5.41) is 12.0. The number of rotatable bonds is 3. The van der Waals surface area contributed by atoms with E-state index >= 15 is 0 Å². The Bertz CT molecular complexity index is 589.